The highest BCUT2D eigenvalue weighted by atomic mass is 127. The number of anilines is 1. The van der Waals surface area contributed by atoms with Crippen LogP contribution in [0.15, 0.2) is 94.9 Å². The topological polar surface area (TPSA) is 7.12 Å². The lowest BCUT2D eigenvalue weighted by atomic mass is 10.1. The molecule has 5 heteroatoms. The second-order valence-corrected chi connectivity index (χ2v) is 10.3. The van der Waals surface area contributed by atoms with E-state index >= 15 is 0 Å². The Labute approximate surface area is 225 Å². The van der Waals surface area contributed by atoms with Gasteiger partial charge in [-0.2, -0.15) is 4.57 Å². The molecule has 1 aliphatic rings. The van der Waals surface area contributed by atoms with Crippen LogP contribution in [-0.4, -0.2) is 6.54 Å². The van der Waals surface area contributed by atoms with Crippen LogP contribution in [-0.2, 0) is 6.54 Å². The maximum Gasteiger partial charge on any atom is 0.262 e. The highest BCUT2D eigenvalue weighted by Crippen LogP contribution is 2.49. The molecule has 0 N–H and O–H groups in total. The van der Waals surface area contributed by atoms with Gasteiger partial charge in [0.25, 0.3) is 5.01 Å². The third kappa shape index (κ3) is 3.84. The number of nitrogens with zero attached hydrogens (tertiary/aromatic N) is 2. The minimum Gasteiger partial charge on any atom is -1.00 e. The highest BCUT2D eigenvalue weighted by molar-refractivity contribution is 8.03. The Morgan fingerprint density at radius 1 is 0.853 bits per heavy atom. The number of hydrogen-bond donors (Lipinski definition) is 0. The molecule has 0 amide bonds. The van der Waals surface area contributed by atoms with Crippen molar-refractivity contribution in [2.45, 2.75) is 25.3 Å². The number of fused-ring (bicyclic) bond motifs is 6. The summed E-state index contributed by atoms with van der Waals surface area (Å²) in [5.74, 6) is 0. The first-order chi connectivity index (χ1) is 16.3. The molecule has 0 fully saturated rings. The lowest BCUT2D eigenvalue weighted by Crippen LogP contribution is -3.00. The average Bonchev–Trinajstić information content (AvgIpc) is 3.41. The Kier molecular flexibility index (Phi) is 6.69. The number of hydrogen-bond acceptors (Lipinski definition) is 3. The summed E-state index contributed by atoms with van der Waals surface area (Å²) in [4.78, 5) is 3.78. The molecule has 2 heterocycles. The minimum atomic E-state index is 0. The second kappa shape index (κ2) is 9.72. The van der Waals surface area contributed by atoms with Crippen molar-refractivity contribution in [1.29, 1.82) is 0 Å². The van der Waals surface area contributed by atoms with E-state index in [9.17, 15) is 0 Å². The molecular formula is C29H25IN2S2. The molecule has 0 saturated heterocycles. The number of halogens is 1. The van der Waals surface area contributed by atoms with Gasteiger partial charge in [0.2, 0.25) is 5.52 Å². The first-order valence-corrected chi connectivity index (χ1v) is 13.1. The van der Waals surface area contributed by atoms with Gasteiger partial charge in [0, 0.05) is 22.9 Å². The summed E-state index contributed by atoms with van der Waals surface area (Å²) in [6.07, 6.45) is 6.76. The largest absolute Gasteiger partial charge is 1.00 e. The molecule has 5 aromatic rings. The van der Waals surface area contributed by atoms with Crippen molar-refractivity contribution < 1.29 is 28.5 Å². The fraction of sp³-hybridized carbons (Fsp3) is 0.138. The van der Waals surface area contributed by atoms with Crippen LogP contribution in [0, 0.1) is 0 Å². The number of thioether (sulfide) groups is 1. The number of rotatable bonds is 4. The number of aromatic nitrogens is 1. The van der Waals surface area contributed by atoms with Crippen LogP contribution in [0.2, 0.25) is 0 Å². The Morgan fingerprint density at radius 2 is 1.56 bits per heavy atom. The van der Waals surface area contributed by atoms with E-state index in [2.05, 4.69) is 114 Å². The molecule has 0 aliphatic carbocycles. The summed E-state index contributed by atoms with van der Waals surface area (Å²) < 4.78 is 3.78. The molecule has 6 rings (SSSR count). The van der Waals surface area contributed by atoms with Gasteiger partial charge in [0.1, 0.15) is 11.2 Å². The smallest absolute Gasteiger partial charge is 0.262 e. The van der Waals surface area contributed by atoms with Gasteiger partial charge in [-0.1, -0.05) is 83.8 Å². The zero-order chi connectivity index (χ0) is 22.4. The molecule has 1 aliphatic heterocycles. The standard InChI is InChI=1S/C29H25N2S2.HI/c1-3-30-26(32-24-18-16-20-10-5-7-12-22(20)28(24)30)14-9-15-27-31(4-2)29-23-13-8-6-11-21(23)17-19-25(29)33-27;/h5-19H,3-4H2,1-2H3;1H/q+1;/p-1. The summed E-state index contributed by atoms with van der Waals surface area (Å²) in [5.41, 5.74) is 2.69. The van der Waals surface area contributed by atoms with Gasteiger partial charge in [-0.05, 0) is 48.9 Å². The number of aryl methyl sites for hydroxylation is 1. The van der Waals surface area contributed by atoms with Crippen molar-refractivity contribution in [3.63, 3.8) is 0 Å². The zero-order valence-corrected chi connectivity index (χ0v) is 23.0. The number of allylic oxidation sites excluding steroid dienone is 2. The Bertz CT molecular complexity index is 1580. The van der Waals surface area contributed by atoms with E-state index in [1.807, 2.05) is 23.1 Å². The Balaban J connectivity index is 0.00000241. The van der Waals surface area contributed by atoms with Crippen LogP contribution in [0.4, 0.5) is 5.69 Å². The van der Waals surface area contributed by atoms with Crippen molar-refractivity contribution in [3.8, 4) is 0 Å². The van der Waals surface area contributed by atoms with E-state index in [1.54, 1.807) is 0 Å². The summed E-state index contributed by atoms with van der Waals surface area (Å²) >= 11 is 3.74. The van der Waals surface area contributed by atoms with E-state index in [0.29, 0.717) is 0 Å². The molecule has 170 valence electrons. The molecule has 1 aromatic heterocycles. The molecule has 0 bridgehead atoms. The fourth-order valence-corrected chi connectivity index (χ4v) is 7.15. The van der Waals surface area contributed by atoms with Crippen molar-refractivity contribution in [2.75, 3.05) is 11.4 Å². The number of benzene rings is 4. The molecule has 2 nitrogen and oxygen atoms in total. The maximum atomic E-state index is 2.44. The zero-order valence-electron chi connectivity index (χ0n) is 19.2. The first-order valence-electron chi connectivity index (χ1n) is 11.5. The van der Waals surface area contributed by atoms with E-state index in [4.69, 9.17) is 0 Å². The fourth-order valence-electron chi connectivity index (χ4n) is 4.84. The quantitative estimate of drug-likeness (QED) is 0.214. The van der Waals surface area contributed by atoms with Gasteiger partial charge in [0.05, 0.1) is 16.1 Å². The lowest BCUT2D eigenvalue weighted by molar-refractivity contribution is -0.664. The van der Waals surface area contributed by atoms with E-state index in [-0.39, 0.29) is 24.0 Å². The average molecular weight is 593 g/mol. The first kappa shape index (κ1) is 23.4. The molecule has 0 atom stereocenters. The van der Waals surface area contributed by atoms with Crippen LogP contribution in [0.3, 0.4) is 0 Å². The second-order valence-electron chi connectivity index (χ2n) is 8.16. The molecule has 0 radical (unpaired) electrons. The molecule has 0 spiro atoms. The predicted octanol–water partition coefficient (Wildman–Crippen LogP) is 5.01. The Hall–Kier alpha value is -2.35. The predicted molar refractivity (Wildman–Crippen MR) is 145 cm³/mol. The minimum absolute atomic E-state index is 0. The van der Waals surface area contributed by atoms with E-state index in [0.717, 1.165) is 13.1 Å². The Morgan fingerprint density at radius 3 is 2.32 bits per heavy atom. The van der Waals surface area contributed by atoms with E-state index < -0.39 is 0 Å². The van der Waals surface area contributed by atoms with Gasteiger partial charge in [0.15, 0.2) is 0 Å². The third-order valence-electron chi connectivity index (χ3n) is 6.34. The van der Waals surface area contributed by atoms with Crippen LogP contribution in [0.5, 0.6) is 0 Å². The lowest BCUT2D eigenvalue weighted by Gasteiger charge is -2.19. The monoisotopic (exact) mass is 592 g/mol. The summed E-state index contributed by atoms with van der Waals surface area (Å²) in [6.45, 7) is 6.38. The van der Waals surface area contributed by atoms with E-state index in [1.165, 1.54) is 52.4 Å². The van der Waals surface area contributed by atoms with Crippen molar-refractivity contribution in [2.24, 2.45) is 0 Å². The highest BCUT2D eigenvalue weighted by Gasteiger charge is 2.25. The van der Waals surface area contributed by atoms with Gasteiger partial charge in [-0.25, -0.2) is 0 Å². The summed E-state index contributed by atoms with van der Waals surface area (Å²) in [6, 6.07) is 26.4. The van der Waals surface area contributed by atoms with Crippen LogP contribution >= 0.6 is 23.1 Å². The molecule has 34 heavy (non-hydrogen) atoms. The summed E-state index contributed by atoms with van der Waals surface area (Å²) in [7, 11) is 0. The van der Waals surface area contributed by atoms with Gasteiger partial charge < -0.3 is 28.9 Å². The van der Waals surface area contributed by atoms with Crippen LogP contribution in [0.1, 0.15) is 18.9 Å². The molecule has 0 saturated carbocycles. The SMILES string of the molecule is CCN1/C(=C/C=C/c2sc3ccc4ccccc4c3[n+]2CC)Sc2ccc3ccccc3c21.[I-]. The summed E-state index contributed by atoms with van der Waals surface area (Å²) in [5, 5.41) is 7.83. The van der Waals surface area contributed by atoms with Crippen molar-refractivity contribution in [3.05, 3.63) is 95.0 Å². The van der Waals surface area contributed by atoms with Crippen molar-refractivity contribution >= 4 is 66.6 Å². The molecule has 4 aromatic carbocycles. The van der Waals surface area contributed by atoms with Crippen molar-refractivity contribution in [1.82, 2.24) is 0 Å². The number of thiazole rings is 1. The normalized spacial score (nSPS) is 14.5. The molecule has 0 unspecified atom stereocenters. The maximum absolute atomic E-state index is 2.44. The van der Waals surface area contributed by atoms with Gasteiger partial charge >= 0.3 is 0 Å². The van der Waals surface area contributed by atoms with Crippen LogP contribution < -0.4 is 33.4 Å². The van der Waals surface area contributed by atoms with Gasteiger partial charge in [-0.15, -0.1) is 0 Å². The van der Waals surface area contributed by atoms with Gasteiger partial charge in [-0.3, -0.25) is 0 Å². The van der Waals surface area contributed by atoms with Crippen LogP contribution in [0.25, 0.3) is 37.8 Å². The third-order valence-corrected chi connectivity index (χ3v) is 8.57. The molecular weight excluding hydrogens is 567 g/mol.